The molecule has 23 heavy (non-hydrogen) atoms. The molecular formula is C15H28N4O4. The molecule has 8 heteroatoms. The average Bonchev–Trinajstić information content (AvgIpc) is 2.45. The van der Waals surface area contributed by atoms with E-state index < -0.39 is 11.8 Å². The highest BCUT2D eigenvalue weighted by Crippen LogP contribution is 2.20. The van der Waals surface area contributed by atoms with E-state index in [9.17, 15) is 14.9 Å². The Morgan fingerprint density at radius 3 is 2.65 bits per heavy atom. The molecule has 2 saturated heterocycles. The largest absolute Gasteiger partial charge is 0.444 e. The average molecular weight is 328 g/mol. The van der Waals surface area contributed by atoms with Crippen molar-refractivity contribution in [2.75, 3.05) is 19.6 Å². The third kappa shape index (κ3) is 5.62. The highest BCUT2D eigenvalue weighted by Gasteiger charge is 2.33. The molecule has 0 aliphatic carbocycles. The topological polar surface area (TPSA) is 96.7 Å². The molecule has 0 aromatic carbocycles. The number of alkyl carbamates (subject to hydrolysis) is 1. The lowest BCUT2D eigenvalue weighted by molar-refractivity contribution is -0.532. The van der Waals surface area contributed by atoms with Crippen LogP contribution in [-0.2, 0) is 4.74 Å². The Morgan fingerprint density at radius 2 is 2.09 bits per heavy atom. The minimum absolute atomic E-state index is 0.0758. The summed E-state index contributed by atoms with van der Waals surface area (Å²) in [6.45, 7) is 7.92. The third-order valence-electron chi connectivity index (χ3n) is 4.31. The molecule has 132 valence electrons. The van der Waals surface area contributed by atoms with E-state index in [0.717, 1.165) is 32.4 Å². The summed E-state index contributed by atoms with van der Waals surface area (Å²) in [5.41, 5.74) is -0.497. The van der Waals surface area contributed by atoms with Gasteiger partial charge in [-0.25, -0.2) is 4.79 Å². The maximum absolute atomic E-state index is 11.9. The lowest BCUT2D eigenvalue weighted by Crippen LogP contribution is -2.57. The molecule has 2 aliphatic rings. The summed E-state index contributed by atoms with van der Waals surface area (Å²) < 4.78 is 5.31. The number of carbonyl (C=O) groups excluding carboxylic acids is 1. The molecular weight excluding hydrogens is 300 g/mol. The van der Waals surface area contributed by atoms with E-state index in [1.807, 2.05) is 20.8 Å². The van der Waals surface area contributed by atoms with Gasteiger partial charge in [-0.3, -0.25) is 20.3 Å². The van der Waals surface area contributed by atoms with E-state index in [1.54, 1.807) is 0 Å². The number of amides is 1. The molecule has 0 spiro atoms. The van der Waals surface area contributed by atoms with Gasteiger partial charge in [0.1, 0.15) is 5.60 Å². The minimum Gasteiger partial charge on any atom is -0.444 e. The van der Waals surface area contributed by atoms with E-state index in [0.29, 0.717) is 19.0 Å². The minimum atomic E-state index is -0.619. The van der Waals surface area contributed by atoms with Gasteiger partial charge in [0.25, 0.3) is 6.17 Å². The molecule has 2 fully saturated rings. The lowest BCUT2D eigenvalue weighted by Gasteiger charge is -2.40. The van der Waals surface area contributed by atoms with Crippen LogP contribution in [0.1, 0.15) is 46.5 Å². The number of nitrogens with one attached hydrogen (secondary N) is 2. The number of rotatable bonds is 3. The number of nitro groups is 1. The highest BCUT2D eigenvalue weighted by molar-refractivity contribution is 5.68. The van der Waals surface area contributed by atoms with Gasteiger partial charge >= 0.3 is 6.09 Å². The molecule has 0 bridgehead atoms. The lowest BCUT2D eigenvalue weighted by atomic mass is 9.98. The smallest absolute Gasteiger partial charge is 0.407 e. The van der Waals surface area contributed by atoms with Crippen molar-refractivity contribution >= 4 is 6.09 Å². The predicted octanol–water partition coefficient (Wildman–Crippen LogP) is 1.33. The second-order valence-corrected chi connectivity index (χ2v) is 7.42. The van der Waals surface area contributed by atoms with Crippen molar-refractivity contribution in [1.82, 2.24) is 15.5 Å². The van der Waals surface area contributed by atoms with Gasteiger partial charge in [-0.15, -0.1) is 0 Å². The van der Waals surface area contributed by atoms with Crippen molar-refractivity contribution in [2.24, 2.45) is 0 Å². The normalized spacial score (nSPS) is 29.8. The first-order valence-electron chi connectivity index (χ1n) is 8.35. The first-order valence-corrected chi connectivity index (χ1v) is 8.35. The van der Waals surface area contributed by atoms with Crippen LogP contribution in [0.5, 0.6) is 0 Å². The number of piperidine rings is 2. The fourth-order valence-electron chi connectivity index (χ4n) is 3.25. The van der Waals surface area contributed by atoms with E-state index in [1.165, 1.54) is 0 Å². The van der Waals surface area contributed by atoms with Gasteiger partial charge in [0, 0.05) is 36.5 Å². The summed E-state index contributed by atoms with van der Waals surface area (Å²) in [6.07, 6.45) is 2.32. The van der Waals surface area contributed by atoms with Crippen molar-refractivity contribution in [2.45, 2.75) is 70.3 Å². The van der Waals surface area contributed by atoms with Crippen molar-refractivity contribution in [1.29, 1.82) is 0 Å². The van der Waals surface area contributed by atoms with Gasteiger partial charge in [-0.05, 0) is 46.6 Å². The highest BCUT2D eigenvalue weighted by atomic mass is 16.6. The van der Waals surface area contributed by atoms with Crippen LogP contribution in [0.15, 0.2) is 0 Å². The van der Waals surface area contributed by atoms with Gasteiger partial charge in [-0.1, -0.05) is 0 Å². The fourth-order valence-corrected chi connectivity index (χ4v) is 3.25. The third-order valence-corrected chi connectivity index (χ3v) is 4.31. The van der Waals surface area contributed by atoms with Crippen LogP contribution in [0.4, 0.5) is 4.79 Å². The summed E-state index contributed by atoms with van der Waals surface area (Å²) in [5, 5.41) is 16.7. The summed E-state index contributed by atoms with van der Waals surface area (Å²) in [7, 11) is 0. The molecule has 1 amide bonds. The summed E-state index contributed by atoms with van der Waals surface area (Å²) in [6, 6.07) is 0.376. The molecule has 3 atom stereocenters. The van der Waals surface area contributed by atoms with Crippen LogP contribution in [0, 0.1) is 10.1 Å². The SMILES string of the molecule is CC(C)(C)OC(=O)NC1CCCN(C2CCC([N+](=O)[O-])NC2)C1. The number of likely N-dealkylation sites (tertiary alicyclic amines) is 1. The van der Waals surface area contributed by atoms with E-state index >= 15 is 0 Å². The second kappa shape index (κ2) is 7.44. The Morgan fingerprint density at radius 1 is 1.35 bits per heavy atom. The maximum atomic E-state index is 11.9. The zero-order chi connectivity index (χ0) is 17.0. The van der Waals surface area contributed by atoms with Crippen LogP contribution in [0.2, 0.25) is 0 Å². The van der Waals surface area contributed by atoms with Crippen molar-refractivity contribution in [3.05, 3.63) is 10.1 Å². The summed E-state index contributed by atoms with van der Waals surface area (Å²) >= 11 is 0. The quantitative estimate of drug-likeness (QED) is 0.599. The van der Waals surface area contributed by atoms with E-state index in [4.69, 9.17) is 4.74 Å². The maximum Gasteiger partial charge on any atom is 0.407 e. The molecule has 0 aromatic rings. The first-order chi connectivity index (χ1) is 10.7. The van der Waals surface area contributed by atoms with Crippen LogP contribution in [0.3, 0.4) is 0 Å². The van der Waals surface area contributed by atoms with Crippen molar-refractivity contribution in [3.8, 4) is 0 Å². The number of carbonyl (C=O) groups is 1. The molecule has 8 nitrogen and oxygen atoms in total. The van der Waals surface area contributed by atoms with Gasteiger partial charge in [0.05, 0.1) is 0 Å². The van der Waals surface area contributed by atoms with Crippen LogP contribution >= 0.6 is 0 Å². The Labute approximate surface area is 137 Å². The molecule has 2 N–H and O–H groups in total. The number of ether oxygens (including phenoxy) is 1. The van der Waals surface area contributed by atoms with Crippen molar-refractivity contribution in [3.63, 3.8) is 0 Å². The predicted molar refractivity (Wildman–Crippen MR) is 85.8 cm³/mol. The van der Waals surface area contributed by atoms with E-state index in [-0.39, 0.29) is 17.1 Å². The molecule has 0 saturated carbocycles. The first kappa shape index (κ1) is 17.9. The number of hydrogen-bond acceptors (Lipinski definition) is 6. The van der Waals surface area contributed by atoms with Crippen LogP contribution < -0.4 is 10.6 Å². The summed E-state index contributed by atoms with van der Waals surface area (Å²) in [5.74, 6) is 0. The van der Waals surface area contributed by atoms with Gasteiger partial charge < -0.3 is 10.1 Å². The zero-order valence-electron chi connectivity index (χ0n) is 14.2. The molecule has 2 rings (SSSR count). The summed E-state index contributed by atoms with van der Waals surface area (Å²) in [4.78, 5) is 24.8. The number of hydrogen-bond donors (Lipinski definition) is 2. The monoisotopic (exact) mass is 328 g/mol. The Kier molecular flexibility index (Phi) is 5.80. The van der Waals surface area contributed by atoms with Gasteiger partial charge in [0.2, 0.25) is 0 Å². The van der Waals surface area contributed by atoms with Gasteiger partial charge in [0.15, 0.2) is 0 Å². The van der Waals surface area contributed by atoms with Gasteiger partial charge in [-0.2, -0.15) is 0 Å². The molecule has 0 radical (unpaired) electrons. The molecule has 2 aliphatic heterocycles. The second-order valence-electron chi connectivity index (χ2n) is 7.42. The van der Waals surface area contributed by atoms with E-state index in [2.05, 4.69) is 15.5 Å². The van der Waals surface area contributed by atoms with Crippen molar-refractivity contribution < 1.29 is 14.5 Å². The Hall–Kier alpha value is -1.41. The zero-order valence-corrected chi connectivity index (χ0v) is 14.2. The van der Waals surface area contributed by atoms with Crippen LogP contribution in [0.25, 0.3) is 0 Å². The number of nitrogens with zero attached hydrogens (tertiary/aromatic N) is 2. The molecule has 3 unspecified atom stereocenters. The Bertz CT molecular complexity index is 430. The standard InChI is InChI=1S/C15H28N4O4/c1-15(2,3)23-14(20)17-11-5-4-8-18(10-11)12-6-7-13(16-9-12)19(21)22/h11-13,16H,4-10H2,1-3H3,(H,17,20). The van der Waals surface area contributed by atoms with Crippen LogP contribution in [-0.4, -0.2) is 59.4 Å². The molecule has 2 heterocycles. The fraction of sp³-hybridized carbons (Fsp3) is 0.933. The molecule has 0 aromatic heterocycles. The Balaban J connectivity index is 1.80.